The highest BCUT2D eigenvalue weighted by Gasteiger charge is 2.26. The van der Waals surface area contributed by atoms with E-state index in [1.807, 2.05) is 0 Å². The summed E-state index contributed by atoms with van der Waals surface area (Å²) in [7, 11) is -4.09. The van der Waals surface area contributed by atoms with E-state index in [4.69, 9.17) is 21.4 Å². The van der Waals surface area contributed by atoms with E-state index in [0.717, 1.165) is 0 Å². The number of hydrogen-bond acceptors (Lipinski definition) is 1. The Bertz CT molecular complexity index is 347. The molecule has 0 fully saturated rings. The zero-order valence-electron chi connectivity index (χ0n) is 7.01. The van der Waals surface area contributed by atoms with Crippen LogP contribution in [0.4, 0.5) is 0 Å². The zero-order chi connectivity index (χ0) is 10.1. The van der Waals surface area contributed by atoms with E-state index in [1.165, 1.54) is 6.92 Å². The van der Waals surface area contributed by atoms with Crippen molar-refractivity contribution in [3.8, 4) is 0 Å². The molecule has 1 aromatic carbocycles. The molecular weight excluding hydrogens is 211 g/mol. The van der Waals surface area contributed by atoms with Crippen molar-refractivity contribution in [3.05, 3.63) is 34.9 Å². The summed E-state index contributed by atoms with van der Waals surface area (Å²) in [6, 6.07) is 6.65. The molecule has 0 bridgehead atoms. The van der Waals surface area contributed by atoms with Gasteiger partial charge in [0.2, 0.25) is 0 Å². The van der Waals surface area contributed by atoms with Gasteiger partial charge in [-0.15, -0.1) is 0 Å². The fourth-order valence-corrected chi connectivity index (χ4v) is 1.96. The Morgan fingerprint density at radius 2 is 1.92 bits per heavy atom. The largest absolute Gasteiger partial charge is 0.332 e. The highest BCUT2D eigenvalue weighted by molar-refractivity contribution is 7.52. The van der Waals surface area contributed by atoms with Gasteiger partial charge in [-0.05, 0) is 18.6 Å². The van der Waals surface area contributed by atoms with Crippen LogP contribution in [0.25, 0.3) is 0 Å². The van der Waals surface area contributed by atoms with Gasteiger partial charge < -0.3 is 9.79 Å². The molecule has 3 nitrogen and oxygen atoms in total. The minimum atomic E-state index is -4.09. The Morgan fingerprint density at radius 1 is 1.38 bits per heavy atom. The first-order chi connectivity index (χ1) is 5.93. The number of halogens is 1. The highest BCUT2D eigenvalue weighted by Crippen LogP contribution is 2.52. The SMILES string of the molecule is C[C@H](c1ccccc1Cl)P(=O)(O)O. The van der Waals surface area contributed by atoms with Crippen molar-refractivity contribution in [2.24, 2.45) is 0 Å². The second-order valence-corrected chi connectivity index (χ2v) is 5.15. The first kappa shape index (κ1) is 10.7. The first-order valence-corrected chi connectivity index (χ1v) is 5.78. The van der Waals surface area contributed by atoms with Crippen LogP contribution in [-0.4, -0.2) is 9.79 Å². The predicted molar refractivity (Wildman–Crippen MR) is 51.9 cm³/mol. The first-order valence-electron chi connectivity index (χ1n) is 3.72. The number of rotatable bonds is 2. The Hall–Kier alpha value is -0.340. The molecule has 0 radical (unpaired) electrons. The molecule has 0 spiro atoms. The molecule has 0 heterocycles. The lowest BCUT2D eigenvalue weighted by Gasteiger charge is -2.14. The summed E-state index contributed by atoms with van der Waals surface area (Å²) in [6.45, 7) is 1.46. The summed E-state index contributed by atoms with van der Waals surface area (Å²) in [5.41, 5.74) is -0.362. The van der Waals surface area contributed by atoms with Crippen molar-refractivity contribution in [2.45, 2.75) is 12.6 Å². The predicted octanol–water partition coefficient (Wildman–Crippen LogP) is 2.58. The van der Waals surface area contributed by atoms with E-state index in [-0.39, 0.29) is 0 Å². The summed E-state index contributed by atoms with van der Waals surface area (Å²) in [6.07, 6.45) is 0. The van der Waals surface area contributed by atoms with Gasteiger partial charge in [0.25, 0.3) is 0 Å². The molecule has 13 heavy (non-hydrogen) atoms. The molecule has 0 aliphatic rings. The van der Waals surface area contributed by atoms with Crippen LogP contribution < -0.4 is 0 Å². The van der Waals surface area contributed by atoms with Gasteiger partial charge in [-0.25, -0.2) is 0 Å². The van der Waals surface area contributed by atoms with Crippen molar-refractivity contribution in [2.75, 3.05) is 0 Å². The molecule has 0 saturated heterocycles. The topological polar surface area (TPSA) is 57.5 Å². The molecule has 0 aliphatic carbocycles. The molecular formula is C8H10ClO3P. The Kier molecular flexibility index (Phi) is 3.14. The summed E-state index contributed by atoms with van der Waals surface area (Å²) < 4.78 is 10.9. The molecule has 0 amide bonds. The van der Waals surface area contributed by atoms with Crippen LogP contribution in [0.15, 0.2) is 24.3 Å². The maximum atomic E-state index is 10.9. The van der Waals surface area contributed by atoms with Gasteiger partial charge in [-0.3, -0.25) is 4.57 Å². The monoisotopic (exact) mass is 220 g/mol. The minimum absolute atomic E-state index is 0.387. The molecule has 0 saturated carbocycles. The van der Waals surface area contributed by atoms with Crippen molar-refractivity contribution >= 4 is 19.2 Å². The quantitative estimate of drug-likeness (QED) is 0.753. The van der Waals surface area contributed by atoms with Crippen molar-refractivity contribution in [1.29, 1.82) is 0 Å². The number of hydrogen-bond donors (Lipinski definition) is 2. The molecule has 1 atom stereocenters. The van der Waals surface area contributed by atoms with Crippen LogP contribution in [-0.2, 0) is 4.57 Å². The minimum Gasteiger partial charge on any atom is -0.324 e. The summed E-state index contributed by atoms with van der Waals surface area (Å²) in [5, 5.41) is 0.387. The maximum Gasteiger partial charge on any atom is 0.332 e. The third kappa shape index (κ3) is 2.55. The zero-order valence-corrected chi connectivity index (χ0v) is 8.66. The molecule has 5 heteroatoms. The van der Waals surface area contributed by atoms with Crippen molar-refractivity contribution < 1.29 is 14.4 Å². The van der Waals surface area contributed by atoms with E-state index in [1.54, 1.807) is 24.3 Å². The Morgan fingerprint density at radius 3 is 2.38 bits per heavy atom. The van der Waals surface area contributed by atoms with E-state index >= 15 is 0 Å². The summed E-state index contributed by atoms with van der Waals surface area (Å²) in [5.74, 6) is 0. The molecule has 0 aliphatic heterocycles. The fourth-order valence-electron chi connectivity index (χ4n) is 0.995. The molecule has 72 valence electrons. The van der Waals surface area contributed by atoms with Crippen molar-refractivity contribution in [3.63, 3.8) is 0 Å². The maximum absolute atomic E-state index is 10.9. The van der Waals surface area contributed by atoms with E-state index in [2.05, 4.69) is 0 Å². The molecule has 2 N–H and O–H groups in total. The van der Waals surface area contributed by atoms with Gasteiger partial charge in [0.15, 0.2) is 0 Å². The van der Waals surface area contributed by atoms with Gasteiger partial charge in [-0.2, -0.15) is 0 Å². The lowest BCUT2D eigenvalue weighted by molar-refractivity contribution is 0.362. The fraction of sp³-hybridized carbons (Fsp3) is 0.250. The third-order valence-electron chi connectivity index (χ3n) is 1.86. The molecule has 0 aromatic heterocycles. The summed E-state index contributed by atoms with van der Waals surface area (Å²) >= 11 is 5.78. The van der Waals surface area contributed by atoms with Crippen LogP contribution in [0.1, 0.15) is 18.1 Å². The smallest absolute Gasteiger partial charge is 0.324 e. The van der Waals surface area contributed by atoms with Crippen molar-refractivity contribution in [1.82, 2.24) is 0 Å². The molecule has 1 rings (SSSR count). The van der Waals surface area contributed by atoms with Gasteiger partial charge in [0.1, 0.15) is 0 Å². The Labute approximate surface area is 81.5 Å². The Balaban J connectivity index is 3.09. The van der Waals surface area contributed by atoms with E-state index in [0.29, 0.717) is 10.6 Å². The van der Waals surface area contributed by atoms with Crippen LogP contribution in [0.3, 0.4) is 0 Å². The van der Waals surface area contributed by atoms with Crippen LogP contribution in [0.2, 0.25) is 5.02 Å². The van der Waals surface area contributed by atoms with Crippen LogP contribution in [0, 0.1) is 0 Å². The van der Waals surface area contributed by atoms with Gasteiger partial charge >= 0.3 is 7.60 Å². The van der Waals surface area contributed by atoms with Gasteiger partial charge in [0, 0.05) is 5.02 Å². The van der Waals surface area contributed by atoms with Gasteiger partial charge in [0.05, 0.1) is 5.66 Å². The van der Waals surface area contributed by atoms with Crippen LogP contribution >= 0.6 is 19.2 Å². The molecule has 1 aromatic rings. The highest BCUT2D eigenvalue weighted by atomic mass is 35.5. The average molecular weight is 221 g/mol. The normalized spacial score (nSPS) is 14.2. The standard InChI is InChI=1S/C8H10ClO3P/c1-6(13(10,11)12)7-4-2-3-5-8(7)9/h2-6H,1H3,(H2,10,11,12)/t6-/m1/s1. The van der Waals surface area contributed by atoms with E-state index < -0.39 is 13.3 Å². The third-order valence-corrected chi connectivity index (χ3v) is 3.49. The molecule has 0 unspecified atom stereocenters. The van der Waals surface area contributed by atoms with Crippen LogP contribution in [0.5, 0.6) is 0 Å². The van der Waals surface area contributed by atoms with E-state index in [9.17, 15) is 4.57 Å². The summed E-state index contributed by atoms with van der Waals surface area (Å²) in [4.78, 5) is 17.8. The lowest BCUT2D eigenvalue weighted by Crippen LogP contribution is -1.95. The lowest BCUT2D eigenvalue weighted by atomic mass is 10.2. The average Bonchev–Trinajstić information content (AvgIpc) is 2.02. The number of benzene rings is 1. The van der Waals surface area contributed by atoms with Gasteiger partial charge in [-0.1, -0.05) is 29.8 Å². The second kappa shape index (κ2) is 3.81. The second-order valence-electron chi connectivity index (χ2n) is 2.79.